The number of thiophene rings is 1. The summed E-state index contributed by atoms with van der Waals surface area (Å²) in [6, 6.07) is 14.7. The van der Waals surface area contributed by atoms with Gasteiger partial charge in [0, 0.05) is 15.9 Å². The van der Waals surface area contributed by atoms with Gasteiger partial charge in [0.25, 0.3) is 5.56 Å². The molecule has 4 aromatic rings. The van der Waals surface area contributed by atoms with Gasteiger partial charge >= 0.3 is 0 Å². The van der Waals surface area contributed by atoms with Crippen LogP contribution in [0, 0.1) is 5.82 Å². The minimum absolute atomic E-state index is 0.00457. The summed E-state index contributed by atoms with van der Waals surface area (Å²) in [6.45, 7) is 1.22. The highest BCUT2D eigenvalue weighted by Gasteiger charge is 2.25. The summed E-state index contributed by atoms with van der Waals surface area (Å²) in [6.07, 6.45) is 5.15. The Kier molecular flexibility index (Phi) is 6.09. The number of hydrogen-bond acceptors (Lipinski definition) is 4. The van der Waals surface area contributed by atoms with Crippen LogP contribution in [-0.2, 0) is 25.8 Å². The number of nitrogens with zero attached hydrogens (tertiary/aromatic N) is 2. The molecule has 7 heteroatoms. The molecular formula is C25H23ClFN3OS. The van der Waals surface area contributed by atoms with Crippen molar-refractivity contribution < 1.29 is 4.39 Å². The van der Waals surface area contributed by atoms with Crippen molar-refractivity contribution in [1.29, 1.82) is 0 Å². The molecule has 2 heterocycles. The Labute approximate surface area is 194 Å². The van der Waals surface area contributed by atoms with Crippen LogP contribution in [0.2, 0.25) is 5.02 Å². The highest BCUT2D eigenvalue weighted by molar-refractivity contribution is 7.18. The van der Waals surface area contributed by atoms with Crippen LogP contribution in [0.1, 0.15) is 28.0 Å². The van der Waals surface area contributed by atoms with E-state index in [2.05, 4.69) is 10.3 Å². The fraction of sp³-hybridized carbons (Fsp3) is 0.280. The predicted octanol–water partition coefficient (Wildman–Crippen LogP) is 4.99. The van der Waals surface area contributed by atoms with Crippen molar-refractivity contribution in [3.8, 4) is 0 Å². The second-order valence-corrected chi connectivity index (χ2v) is 9.72. The molecule has 1 atom stereocenters. The molecule has 1 aliphatic rings. The standard InChI is InChI=1S/C25H23ClFN3OS/c26-21-7-2-1-5-17(21)14-30-15-29-24-23(25(30)31)20-9-8-19(13-22(20)32-24)28-11-10-16-4-3-6-18(27)12-16/h1-7,12,15,19,28H,8-11,13-14H2. The molecule has 0 radical (unpaired) electrons. The van der Waals surface area contributed by atoms with Gasteiger partial charge < -0.3 is 5.32 Å². The van der Waals surface area contributed by atoms with Gasteiger partial charge in [-0.15, -0.1) is 11.3 Å². The quantitative estimate of drug-likeness (QED) is 0.434. The molecule has 0 saturated heterocycles. The summed E-state index contributed by atoms with van der Waals surface area (Å²) >= 11 is 7.91. The summed E-state index contributed by atoms with van der Waals surface area (Å²) in [4.78, 5) is 19.9. The lowest BCUT2D eigenvalue weighted by atomic mass is 9.93. The topological polar surface area (TPSA) is 46.9 Å². The molecule has 0 saturated carbocycles. The van der Waals surface area contributed by atoms with Crippen LogP contribution in [0.15, 0.2) is 59.7 Å². The summed E-state index contributed by atoms with van der Waals surface area (Å²) in [5.41, 5.74) is 3.06. The van der Waals surface area contributed by atoms with E-state index in [1.54, 1.807) is 34.4 Å². The molecule has 0 aliphatic heterocycles. The van der Waals surface area contributed by atoms with E-state index in [0.29, 0.717) is 17.6 Å². The Balaban J connectivity index is 1.31. The molecule has 2 aromatic carbocycles. The van der Waals surface area contributed by atoms with Crippen molar-refractivity contribution in [2.24, 2.45) is 0 Å². The van der Waals surface area contributed by atoms with Crippen LogP contribution < -0.4 is 10.9 Å². The molecular weight excluding hydrogens is 445 g/mol. The molecule has 0 spiro atoms. The molecule has 32 heavy (non-hydrogen) atoms. The van der Waals surface area contributed by atoms with Crippen molar-refractivity contribution >= 4 is 33.2 Å². The van der Waals surface area contributed by atoms with Crippen molar-refractivity contribution in [2.75, 3.05) is 6.54 Å². The number of rotatable bonds is 6. The lowest BCUT2D eigenvalue weighted by Crippen LogP contribution is -2.35. The number of nitrogens with one attached hydrogen (secondary N) is 1. The van der Waals surface area contributed by atoms with Gasteiger partial charge in [0.15, 0.2) is 0 Å². The van der Waals surface area contributed by atoms with E-state index in [1.807, 2.05) is 30.3 Å². The maximum atomic E-state index is 13.4. The monoisotopic (exact) mass is 467 g/mol. The summed E-state index contributed by atoms with van der Waals surface area (Å²) < 4.78 is 15.0. The number of hydrogen-bond donors (Lipinski definition) is 1. The van der Waals surface area contributed by atoms with E-state index < -0.39 is 0 Å². The van der Waals surface area contributed by atoms with E-state index >= 15 is 0 Å². The van der Waals surface area contributed by atoms with Crippen LogP contribution in [0.4, 0.5) is 4.39 Å². The second kappa shape index (κ2) is 9.14. The van der Waals surface area contributed by atoms with Crippen molar-refractivity contribution in [2.45, 2.75) is 38.3 Å². The van der Waals surface area contributed by atoms with Crippen LogP contribution >= 0.6 is 22.9 Å². The van der Waals surface area contributed by atoms with Crippen molar-refractivity contribution in [3.05, 3.63) is 97.6 Å². The van der Waals surface area contributed by atoms with Crippen LogP contribution in [0.3, 0.4) is 0 Å². The zero-order valence-electron chi connectivity index (χ0n) is 17.5. The third kappa shape index (κ3) is 4.35. The summed E-state index contributed by atoms with van der Waals surface area (Å²) in [7, 11) is 0. The van der Waals surface area contributed by atoms with Gasteiger partial charge in [-0.25, -0.2) is 9.37 Å². The summed E-state index contributed by atoms with van der Waals surface area (Å²) in [5.74, 6) is -0.192. The third-order valence-corrected chi connectivity index (χ3v) is 7.60. The first-order chi connectivity index (χ1) is 15.6. The Bertz CT molecular complexity index is 1330. The fourth-order valence-electron chi connectivity index (χ4n) is 4.41. The number of halogens is 2. The first-order valence-corrected chi connectivity index (χ1v) is 12.0. The molecule has 2 aromatic heterocycles. The summed E-state index contributed by atoms with van der Waals surface area (Å²) in [5, 5.41) is 5.02. The molecule has 164 valence electrons. The third-order valence-electron chi connectivity index (χ3n) is 6.07. The van der Waals surface area contributed by atoms with E-state index in [9.17, 15) is 9.18 Å². The van der Waals surface area contributed by atoms with Gasteiger partial charge in [-0.3, -0.25) is 9.36 Å². The molecule has 0 amide bonds. The zero-order chi connectivity index (χ0) is 22.1. The maximum absolute atomic E-state index is 13.4. The highest BCUT2D eigenvalue weighted by Crippen LogP contribution is 2.33. The Hall–Kier alpha value is -2.54. The Morgan fingerprint density at radius 3 is 2.94 bits per heavy atom. The zero-order valence-corrected chi connectivity index (χ0v) is 19.1. The van der Waals surface area contributed by atoms with Gasteiger partial charge in [0.1, 0.15) is 10.6 Å². The van der Waals surface area contributed by atoms with Crippen molar-refractivity contribution in [3.63, 3.8) is 0 Å². The Morgan fingerprint density at radius 2 is 2.09 bits per heavy atom. The van der Waals surface area contributed by atoms with E-state index in [0.717, 1.165) is 59.1 Å². The molecule has 4 nitrogen and oxygen atoms in total. The van der Waals surface area contributed by atoms with E-state index in [-0.39, 0.29) is 11.4 Å². The lowest BCUT2D eigenvalue weighted by molar-refractivity contribution is 0.466. The second-order valence-electron chi connectivity index (χ2n) is 8.23. The molecule has 1 unspecified atom stereocenters. The molecule has 1 aliphatic carbocycles. The normalized spacial score (nSPS) is 15.8. The first kappa shape index (κ1) is 21.3. The van der Waals surface area contributed by atoms with Gasteiger partial charge in [-0.1, -0.05) is 41.9 Å². The van der Waals surface area contributed by atoms with Gasteiger partial charge in [-0.05, 0) is 67.1 Å². The molecule has 1 N–H and O–H groups in total. The molecule has 0 fully saturated rings. The van der Waals surface area contributed by atoms with Crippen molar-refractivity contribution in [1.82, 2.24) is 14.9 Å². The van der Waals surface area contributed by atoms with Crippen LogP contribution in [0.25, 0.3) is 10.2 Å². The van der Waals surface area contributed by atoms with E-state index in [1.165, 1.54) is 10.9 Å². The largest absolute Gasteiger partial charge is 0.313 e. The first-order valence-electron chi connectivity index (χ1n) is 10.8. The molecule has 0 bridgehead atoms. The Morgan fingerprint density at radius 1 is 1.22 bits per heavy atom. The predicted molar refractivity (Wildman–Crippen MR) is 128 cm³/mol. The molecule has 5 rings (SSSR count). The van der Waals surface area contributed by atoms with Gasteiger partial charge in [0.2, 0.25) is 0 Å². The average Bonchev–Trinajstić information content (AvgIpc) is 3.16. The number of aryl methyl sites for hydroxylation is 1. The van der Waals surface area contributed by atoms with Crippen LogP contribution in [-0.4, -0.2) is 22.1 Å². The number of fused-ring (bicyclic) bond motifs is 3. The SMILES string of the molecule is O=c1c2c3c(sc2ncn1Cc1ccccc1Cl)CC(NCCc1cccc(F)c1)CC3. The minimum atomic E-state index is -0.192. The fourth-order valence-corrected chi connectivity index (χ4v) is 5.86. The van der Waals surface area contributed by atoms with Gasteiger partial charge in [0.05, 0.1) is 18.3 Å². The number of aromatic nitrogens is 2. The highest BCUT2D eigenvalue weighted by atomic mass is 35.5. The maximum Gasteiger partial charge on any atom is 0.262 e. The lowest BCUT2D eigenvalue weighted by Gasteiger charge is -2.23. The number of benzene rings is 2. The smallest absolute Gasteiger partial charge is 0.262 e. The minimum Gasteiger partial charge on any atom is -0.313 e. The average molecular weight is 468 g/mol. The van der Waals surface area contributed by atoms with Crippen LogP contribution in [0.5, 0.6) is 0 Å². The van der Waals surface area contributed by atoms with E-state index in [4.69, 9.17) is 11.6 Å². The van der Waals surface area contributed by atoms with Gasteiger partial charge in [-0.2, -0.15) is 0 Å².